The molecule has 11 aromatic rings. The molecule has 0 radical (unpaired) electrons. The minimum atomic E-state index is 1.09. The standard InChI is InChI=1S/C58H39N/c1-2-15-47-39-48(24-23-40(47)11-1)41-25-32-49(33-26-41)59(50-34-27-45(28-35-50)53-21-9-16-42-12-3-6-18-52(42)53)51-36-29-46(30-37-51)58-55-20-8-5-14-44(55)31-38-57(58)56-22-10-17-43-13-4-7-19-54(43)56/h1-39H. The Bertz CT molecular complexity index is 3290. The molecule has 276 valence electrons. The predicted molar refractivity (Wildman–Crippen MR) is 253 cm³/mol. The van der Waals surface area contributed by atoms with Gasteiger partial charge in [0.15, 0.2) is 0 Å². The molecule has 0 aliphatic carbocycles. The summed E-state index contributed by atoms with van der Waals surface area (Å²) in [5.74, 6) is 0. The molecule has 0 heterocycles. The summed E-state index contributed by atoms with van der Waals surface area (Å²) in [6.07, 6.45) is 0. The third-order valence-electron chi connectivity index (χ3n) is 11.9. The third-order valence-corrected chi connectivity index (χ3v) is 11.9. The van der Waals surface area contributed by atoms with Crippen LogP contribution in [-0.2, 0) is 0 Å². The zero-order valence-corrected chi connectivity index (χ0v) is 32.5. The summed E-state index contributed by atoms with van der Waals surface area (Å²) < 4.78 is 0. The molecule has 0 aromatic heterocycles. The van der Waals surface area contributed by atoms with Gasteiger partial charge in [-0.2, -0.15) is 0 Å². The molecule has 11 aromatic carbocycles. The van der Waals surface area contributed by atoms with Gasteiger partial charge in [-0.15, -0.1) is 0 Å². The zero-order chi connectivity index (χ0) is 39.1. The lowest BCUT2D eigenvalue weighted by Crippen LogP contribution is -2.09. The Balaban J connectivity index is 1.03. The molecular formula is C58H39N. The Morgan fingerprint density at radius 2 is 0.644 bits per heavy atom. The Morgan fingerprint density at radius 3 is 1.27 bits per heavy atom. The highest BCUT2D eigenvalue weighted by Crippen LogP contribution is 2.43. The van der Waals surface area contributed by atoms with Crippen LogP contribution >= 0.6 is 0 Å². The van der Waals surface area contributed by atoms with Crippen LogP contribution in [0.1, 0.15) is 0 Å². The quantitative estimate of drug-likeness (QED) is 0.157. The van der Waals surface area contributed by atoms with Gasteiger partial charge >= 0.3 is 0 Å². The molecule has 59 heavy (non-hydrogen) atoms. The lowest BCUT2D eigenvalue weighted by atomic mass is 9.88. The maximum atomic E-state index is 2.37. The Kier molecular flexibility index (Phi) is 8.56. The molecule has 0 saturated carbocycles. The highest BCUT2D eigenvalue weighted by Gasteiger charge is 2.17. The maximum absolute atomic E-state index is 2.37. The van der Waals surface area contributed by atoms with E-state index >= 15 is 0 Å². The largest absolute Gasteiger partial charge is 0.311 e. The molecule has 1 nitrogen and oxygen atoms in total. The van der Waals surface area contributed by atoms with E-state index in [0.29, 0.717) is 0 Å². The summed E-state index contributed by atoms with van der Waals surface area (Å²) in [4.78, 5) is 2.37. The van der Waals surface area contributed by atoms with Crippen molar-refractivity contribution < 1.29 is 0 Å². The van der Waals surface area contributed by atoms with Crippen LogP contribution in [0.25, 0.3) is 87.6 Å². The molecule has 11 rings (SSSR count). The van der Waals surface area contributed by atoms with Crippen molar-refractivity contribution in [3.63, 3.8) is 0 Å². The number of nitrogens with zero attached hydrogens (tertiary/aromatic N) is 1. The van der Waals surface area contributed by atoms with E-state index in [0.717, 1.165) is 17.1 Å². The zero-order valence-electron chi connectivity index (χ0n) is 32.5. The minimum Gasteiger partial charge on any atom is -0.311 e. The van der Waals surface area contributed by atoms with Crippen LogP contribution in [0.15, 0.2) is 237 Å². The topological polar surface area (TPSA) is 3.24 Å². The number of rotatable bonds is 7. The monoisotopic (exact) mass is 749 g/mol. The van der Waals surface area contributed by atoms with Crippen molar-refractivity contribution >= 4 is 60.2 Å². The van der Waals surface area contributed by atoms with Crippen molar-refractivity contribution in [1.29, 1.82) is 0 Å². The first kappa shape index (κ1) is 34.5. The highest BCUT2D eigenvalue weighted by atomic mass is 15.1. The summed E-state index contributed by atoms with van der Waals surface area (Å²) >= 11 is 0. The van der Waals surface area contributed by atoms with Crippen molar-refractivity contribution in [2.45, 2.75) is 0 Å². The number of fused-ring (bicyclic) bond motifs is 4. The van der Waals surface area contributed by atoms with Crippen molar-refractivity contribution in [3.8, 4) is 44.5 Å². The molecule has 0 bridgehead atoms. The van der Waals surface area contributed by atoms with Crippen LogP contribution in [0.4, 0.5) is 17.1 Å². The van der Waals surface area contributed by atoms with Gasteiger partial charge in [-0.05, 0) is 130 Å². The van der Waals surface area contributed by atoms with Crippen LogP contribution in [0.2, 0.25) is 0 Å². The Labute approximate surface area is 344 Å². The van der Waals surface area contributed by atoms with Crippen LogP contribution in [0.3, 0.4) is 0 Å². The van der Waals surface area contributed by atoms with Gasteiger partial charge < -0.3 is 4.90 Å². The van der Waals surface area contributed by atoms with Crippen LogP contribution in [0.5, 0.6) is 0 Å². The van der Waals surface area contributed by atoms with E-state index in [1.807, 2.05) is 0 Å². The van der Waals surface area contributed by atoms with Crippen LogP contribution < -0.4 is 4.90 Å². The van der Waals surface area contributed by atoms with Gasteiger partial charge in [0.2, 0.25) is 0 Å². The van der Waals surface area contributed by atoms with E-state index in [1.165, 1.54) is 87.6 Å². The average molecular weight is 750 g/mol. The maximum Gasteiger partial charge on any atom is 0.0462 e. The lowest BCUT2D eigenvalue weighted by molar-refractivity contribution is 1.28. The van der Waals surface area contributed by atoms with Gasteiger partial charge in [-0.1, -0.05) is 194 Å². The fourth-order valence-electron chi connectivity index (χ4n) is 8.93. The molecule has 0 fully saturated rings. The highest BCUT2D eigenvalue weighted by molar-refractivity contribution is 6.09. The molecule has 0 saturated heterocycles. The number of hydrogen-bond donors (Lipinski definition) is 0. The summed E-state index contributed by atoms with van der Waals surface area (Å²) in [6, 6.07) is 86.3. The minimum absolute atomic E-state index is 1.09. The van der Waals surface area contributed by atoms with E-state index in [-0.39, 0.29) is 0 Å². The van der Waals surface area contributed by atoms with Crippen LogP contribution in [-0.4, -0.2) is 0 Å². The van der Waals surface area contributed by atoms with Crippen molar-refractivity contribution in [3.05, 3.63) is 237 Å². The van der Waals surface area contributed by atoms with E-state index in [1.54, 1.807) is 0 Å². The second kappa shape index (κ2) is 14.6. The van der Waals surface area contributed by atoms with E-state index in [2.05, 4.69) is 241 Å². The third kappa shape index (κ3) is 6.30. The SMILES string of the molecule is c1ccc2cc(-c3ccc(N(c4ccc(-c5cccc6ccccc56)cc4)c4ccc(-c5c(-c6cccc7ccccc67)ccc6ccccc56)cc4)cc3)ccc2c1. The van der Waals surface area contributed by atoms with E-state index < -0.39 is 0 Å². The first-order chi connectivity index (χ1) is 29.2. The number of benzene rings is 11. The summed E-state index contributed by atoms with van der Waals surface area (Å²) in [7, 11) is 0. The van der Waals surface area contributed by atoms with Crippen molar-refractivity contribution in [2.24, 2.45) is 0 Å². The normalized spacial score (nSPS) is 11.4. The molecule has 1 heteroatoms. The first-order valence-electron chi connectivity index (χ1n) is 20.3. The van der Waals surface area contributed by atoms with Gasteiger partial charge in [0.05, 0.1) is 0 Å². The molecule has 0 unspecified atom stereocenters. The summed E-state index contributed by atoms with van der Waals surface area (Å²) in [6.45, 7) is 0. The summed E-state index contributed by atoms with van der Waals surface area (Å²) in [5.41, 5.74) is 13.0. The van der Waals surface area contributed by atoms with E-state index in [4.69, 9.17) is 0 Å². The van der Waals surface area contributed by atoms with Crippen molar-refractivity contribution in [1.82, 2.24) is 0 Å². The second-order valence-electron chi connectivity index (χ2n) is 15.3. The molecule has 0 aliphatic rings. The van der Waals surface area contributed by atoms with Crippen molar-refractivity contribution in [2.75, 3.05) is 4.90 Å². The van der Waals surface area contributed by atoms with Gasteiger partial charge in [0, 0.05) is 17.1 Å². The second-order valence-corrected chi connectivity index (χ2v) is 15.3. The predicted octanol–water partition coefficient (Wildman–Crippen LogP) is 16.4. The van der Waals surface area contributed by atoms with Gasteiger partial charge in [0.1, 0.15) is 0 Å². The Hall–Kier alpha value is -7.74. The molecule has 0 atom stereocenters. The van der Waals surface area contributed by atoms with Gasteiger partial charge in [0.25, 0.3) is 0 Å². The smallest absolute Gasteiger partial charge is 0.0462 e. The summed E-state index contributed by atoms with van der Waals surface area (Å²) in [5, 5.41) is 9.99. The lowest BCUT2D eigenvalue weighted by Gasteiger charge is -2.26. The molecule has 0 amide bonds. The fraction of sp³-hybridized carbons (Fsp3) is 0. The van der Waals surface area contributed by atoms with Gasteiger partial charge in [-0.3, -0.25) is 0 Å². The molecule has 0 spiro atoms. The number of hydrogen-bond acceptors (Lipinski definition) is 1. The molecule has 0 N–H and O–H groups in total. The first-order valence-corrected chi connectivity index (χ1v) is 20.3. The van der Waals surface area contributed by atoms with Gasteiger partial charge in [-0.25, -0.2) is 0 Å². The van der Waals surface area contributed by atoms with Crippen LogP contribution in [0, 0.1) is 0 Å². The molecular weight excluding hydrogens is 711 g/mol. The van der Waals surface area contributed by atoms with E-state index in [9.17, 15) is 0 Å². The number of anilines is 3. The molecule has 0 aliphatic heterocycles. The average Bonchev–Trinajstić information content (AvgIpc) is 3.31. The Morgan fingerprint density at radius 1 is 0.220 bits per heavy atom. The fourth-order valence-corrected chi connectivity index (χ4v) is 8.93.